The Morgan fingerprint density at radius 1 is 1.18 bits per heavy atom. The lowest BCUT2D eigenvalue weighted by atomic mass is 9.59. The average Bonchev–Trinajstić information content (AvgIpc) is 2.84. The molecule has 4 rings (SSSR count). The van der Waals surface area contributed by atoms with Gasteiger partial charge in [-0.1, -0.05) is 24.6 Å². The molecule has 0 bridgehead atoms. The molecule has 1 N–H and O–H groups in total. The number of fused-ring (bicyclic) bond motifs is 4. The number of carbonyl (C=O) groups excluding carboxylic acids is 1. The van der Waals surface area contributed by atoms with Crippen LogP contribution in [-0.4, -0.2) is 17.0 Å². The van der Waals surface area contributed by atoms with Crippen molar-refractivity contribution in [2.24, 2.45) is 23.2 Å². The van der Waals surface area contributed by atoms with Crippen LogP contribution in [-0.2, 0) is 4.79 Å². The summed E-state index contributed by atoms with van der Waals surface area (Å²) in [6.07, 6.45) is 12.6. The van der Waals surface area contributed by atoms with E-state index < -0.39 is 0 Å². The van der Waals surface area contributed by atoms with Crippen LogP contribution in [0, 0.1) is 23.2 Å². The molecule has 1 fully saturated rings. The maximum absolute atomic E-state index is 11.7. The van der Waals surface area contributed by atoms with E-state index in [1.165, 1.54) is 18.4 Å². The summed E-state index contributed by atoms with van der Waals surface area (Å²) in [5, 5.41) is 10.2. The Bertz CT molecular complexity index is 607. The summed E-state index contributed by atoms with van der Waals surface area (Å²) in [5.74, 6) is 1.87. The molecule has 0 radical (unpaired) electrons. The van der Waals surface area contributed by atoms with E-state index >= 15 is 0 Å². The minimum absolute atomic E-state index is 0.191. The number of ketones is 1. The van der Waals surface area contributed by atoms with Crippen LogP contribution in [0.15, 0.2) is 34.9 Å². The van der Waals surface area contributed by atoms with Gasteiger partial charge in [-0.3, -0.25) is 4.79 Å². The zero-order valence-corrected chi connectivity index (χ0v) is 13.6. The van der Waals surface area contributed by atoms with Gasteiger partial charge in [-0.05, 0) is 79.4 Å². The number of hydrogen-bond donors (Lipinski definition) is 1. The molecule has 0 amide bonds. The van der Waals surface area contributed by atoms with Crippen LogP contribution in [0.2, 0.25) is 0 Å². The molecule has 5 atom stereocenters. The predicted octanol–water partition coefficient (Wildman–Crippen LogP) is 3.97. The van der Waals surface area contributed by atoms with E-state index in [9.17, 15) is 9.90 Å². The molecule has 0 spiro atoms. The third-order valence-corrected chi connectivity index (χ3v) is 6.92. The monoisotopic (exact) mass is 298 g/mol. The lowest BCUT2D eigenvalue weighted by molar-refractivity contribution is -0.115. The van der Waals surface area contributed by atoms with Crippen LogP contribution >= 0.6 is 0 Å². The average molecular weight is 298 g/mol. The summed E-state index contributed by atoms with van der Waals surface area (Å²) < 4.78 is 0. The maximum atomic E-state index is 11.7. The molecule has 1 saturated carbocycles. The molecule has 2 nitrogen and oxygen atoms in total. The van der Waals surface area contributed by atoms with Gasteiger partial charge in [-0.25, -0.2) is 0 Å². The largest absolute Gasteiger partial charge is 0.393 e. The molecule has 118 valence electrons. The van der Waals surface area contributed by atoms with Crippen LogP contribution < -0.4 is 0 Å². The lowest BCUT2D eigenvalue weighted by Crippen LogP contribution is -2.38. The summed E-state index contributed by atoms with van der Waals surface area (Å²) in [7, 11) is 0. The molecule has 2 heteroatoms. The van der Waals surface area contributed by atoms with E-state index in [1.807, 2.05) is 13.0 Å². The van der Waals surface area contributed by atoms with E-state index in [4.69, 9.17) is 0 Å². The highest BCUT2D eigenvalue weighted by molar-refractivity contribution is 5.92. The number of rotatable bonds is 1. The van der Waals surface area contributed by atoms with E-state index in [2.05, 4.69) is 19.1 Å². The first-order valence-electron chi connectivity index (χ1n) is 8.85. The Balaban J connectivity index is 1.78. The molecule has 22 heavy (non-hydrogen) atoms. The van der Waals surface area contributed by atoms with Crippen molar-refractivity contribution in [1.82, 2.24) is 0 Å². The predicted molar refractivity (Wildman–Crippen MR) is 87.2 cm³/mol. The quantitative estimate of drug-likeness (QED) is 0.795. The molecule has 0 saturated heterocycles. The first-order valence-corrected chi connectivity index (χ1v) is 8.85. The number of aliphatic hydroxyl groups is 1. The maximum Gasteiger partial charge on any atom is 0.155 e. The van der Waals surface area contributed by atoms with Crippen molar-refractivity contribution in [3.8, 4) is 0 Å². The second-order valence-electron chi connectivity index (χ2n) is 7.97. The van der Waals surface area contributed by atoms with E-state index in [1.54, 1.807) is 11.1 Å². The van der Waals surface area contributed by atoms with E-state index in [0.717, 1.165) is 19.3 Å². The number of aliphatic hydroxyl groups excluding tert-OH is 1. The molecule has 4 aliphatic carbocycles. The topological polar surface area (TPSA) is 37.3 Å². The van der Waals surface area contributed by atoms with Gasteiger partial charge in [0.2, 0.25) is 0 Å². The van der Waals surface area contributed by atoms with Gasteiger partial charge in [0.25, 0.3) is 0 Å². The Hall–Kier alpha value is -1.15. The molecule has 0 aromatic heterocycles. The summed E-state index contributed by atoms with van der Waals surface area (Å²) in [6.45, 7) is 4.33. The Morgan fingerprint density at radius 3 is 2.77 bits per heavy atom. The second kappa shape index (κ2) is 4.92. The Kier molecular flexibility index (Phi) is 3.23. The zero-order valence-electron chi connectivity index (χ0n) is 13.6. The van der Waals surface area contributed by atoms with Crippen LogP contribution in [0.4, 0.5) is 0 Å². The lowest BCUT2D eigenvalue weighted by Gasteiger charge is -2.46. The van der Waals surface area contributed by atoms with Crippen molar-refractivity contribution in [2.45, 2.75) is 58.5 Å². The third kappa shape index (κ3) is 1.93. The van der Waals surface area contributed by atoms with Gasteiger partial charge in [0, 0.05) is 6.42 Å². The van der Waals surface area contributed by atoms with Crippen molar-refractivity contribution < 1.29 is 9.90 Å². The second-order valence-corrected chi connectivity index (χ2v) is 7.97. The van der Waals surface area contributed by atoms with Crippen molar-refractivity contribution in [2.75, 3.05) is 0 Å². The molecule has 0 aliphatic heterocycles. The highest BCUT2D eigenvalue weighted by atomic mass is 16.3. The van der Waals surface area contributed by atoms with Gasteiger partial charge >= 0.3 is 0 Å². The van der Waals surface area contributed by atoms with Gasteiger partial charge in [-0.2, -0.15) is 0 Å². The molecular weight excluding hydrogens is 272 g/mol. The molecule has 0 heterocycles. The molecule has 0 aromatic rings. The first kappa shape index (κ1) is 14.4. The fraction of sp³-hybridized carbons (Fsp3) is 0.650. The molecule has 0 unspecified atom stereocenters. The van der Waals surface area contributed by atoms with Crippen molar-refractivity contribution in [1.29, 1.82) is 0 Å². The van der Waals surface area contributed by atoms with E-state index in [0.29, 0.717) is 30.0 Å². The summed E-state index contributed by atoms with van der Waals surface area (Å²) in [5.41, 5.74) is 4.62. The highest BCUT2D eigenvalue weighted by Gasteiger charge is 2.50. The molecular formula is C20H26O2. The molecule has 4 aliphatic rings. The standard InChI is InChI=1S/C20H26O2/c1-12(21)18-7-8-19-17-5-3-13-11-14(22)4-6-15(13)16(17)9-10-20(18,19)2/h3,5,11-12,15-16,18,21H,4,6-10H2,1-2H3/t12-,15-,16+,18+,20+/m0/s1. The summed E-state index contributed by atoms with van der Waals surface area (Å²) in [6, 6.07) is 0. The fourth-order valence-corrected chi connectivity index (χ4v) is 5.81. The van der Waals surface area contributed by atoms with Crippen LogP contribution in [0.1, 0.15) is 52.4 Å². The minimum Gasteiger partial charge on any atom is -0.393 e. The summed E-state index contributed by atoms with van der Waals surface area (Å²) >= 11 is 0. The smallest absolute Gasteiger partial charge is 0.155 e. The number of hydrogen-bond acceptors (Lipinski definition) is 2. The van der Waals surface area contributed by atoms with Crippen LogP contribution in [0.3, 0.4) is 0 Å². The van der Waals surface area contributed by atoms with Gasteiger partial charge in [-0.15, -0.1) is 0 Å². The third-order valence-electron chi connectivity index (χ3n) is 6.92. The van der Waals surface area contributed by atoms with Crippen molar-refractivity contribution in [3.05, 3.63) is 34.9 Å². The number of carbonyl (C=O) groups is 1. The zero-order chi connectivity index (χ0) is 15.5. The van der Waals surface area contributed by atoms with Gasteiger partial charge in [0.1, 0.15) is 0 Å². The van der Waals surface area contributed by atoms with Gasteiger partial charge in [0.15, 0.2) is 5.78 Å². The normalized spacial score (nSPS) is 41.7. The Morgan fingerprint density at radius 2 is 2.00 bits per heavy atom. The van der Waals surface area contributed by atoms with Crippen molar-refractivity contribution >= 4 is 5.78 Å². The SMILES string of the molecule is C[C@H](O)[C@H]1CCC2=C3C=CC4=CC(=O)CC[C@@H]4[C@H]3CC[C@@]21C. The van der Waals surface area contributed by atoms with E-state index in [-0.39, 0.29) is 11.5 Å². The first-order chi connectivity index (χ1) is 10.5. The highest BCUT2D eigenvalue weighted by Crippen LogP contribution is 2.59. The summed E-state index contributed by atoms with van der Waals surface area (Å²) in [4.78, 5) is 11.7. The fourth-order valence-electron chi connectivity index (χ4n) is 5.81. The van der Waals surface area contributed by atoms with Gasteiger partial charge < -0.3 is 5.11 Å². The Labute approximate surface area is 133 Å². The number of allylic oxidation sites excluding steroid dienone is 6. The van der Waals surface area contributed by atoms with Gasteiger partial charge in [0.05, 0.1) is 6.10 Å². The molecule has 0 aromatic carbocycles. The van der Waals surface area contributed by atoms with Crippen LogP contribution in [0.25, 0.3) is 0 Å². The minimum atomic E-state index is -0.213. The van der Waals surface area contributed by atoms with Crippen LogP contribution in [0.5, 0.6) is 0 Å². The van der Waals surface area contributed by atoms with Crippen molar-refractivity contribution in [3.63, 3.8) is 0 Å².